The molecule has 15 heavy (non-hydrogen) atoms. The minimum absolute atomic E-state index is 0.0189. The Morgan fingerprint density at radius 1 is 1.07 bits per heavy atom. The minimum Gasteiger partial charge on any atom is -0.326 e. The highest BCUT2D eigenvalue weighted by Gasteiger charge is 2.35. The fraction of sp³-hybridized carbons (Fsp3) is 1.00. The fourth-order valence-electron chi connectivity index (χ4n) is 3.08. The molecule has 1 heteroatoms. The smallest absolute Gasteiger partial charge is 0.00971 e. The van der Waals surface area contributed by atoms with Crippen LogP contribution in [-0.4, -0.2) is 5.54 Å². The predicted octanol–water partition coefficient (Wildman–Crippen LogP) is 3.97. The third kappa shape index (κ3) is 4.14. The highest BCUT2D eigenvalue weighted by Crippen LogP contribution is 2.45. The maximum Gasteiger partial charge on any atom is 0.00971 e. The molecule has 2 N–H and O–H groups in total. The molecule has 0 spiro atoms. The summed E-state index contributed by atoms with van der Waals surface area (Å²) in [5.74, 6) is 1.84. The second-order valence-electron chi connectivity index (χ2n) is 7.19. The molecule has 1 fully saturated rings. The average Bonchev–Trinajstić information content (AvgIpc) is 2.45. The predicted molar refractivity (Wildman–Crippen MR) is 67.8 cm³/mol. The van der Waals surface area contributed by atoms with Crippen LogP contribution in [0.3, 0.4) is 0 Å². The van der Waals surface area contributed by atoms with Crippen LogP contribution < -0.4 is 5.73 Å². The van der Waals surface area contributed by atoms with Crippen molar-refractivity contribution in [1.82, 2.24) is 0 Å². The summed E-state index contributed by atoms with van der Waals surface area (Å²) in [6.45, 7) is 11.5. The first-order chi connectivity index (χ1) is 6.70. The van der Waals surface area contributed by atoms with Crippen molar-refractivity contribution in [2.75, 3.05) is 0 Å². The van der Waals surface area contributed by atoms with Crippen LogP contribution in [0.15, 0.2) is 0 Å². The van der Waals surface area contributed by atoms with Gasteiger partial charge in [0.25, 0.3) is 0 Å². The van der Waals surface area contributed by atoms with Gasteiger partial charge in [-0.15, -0.1) is 0 Å². The SMILES string of the molecule is CC(C)(N)CCC1CCCC1C(C)(C)C. The van der Waals surface area contributed by atoms with E-state index in [1.54, 1.807) is 0 Å². The quantitative estimate of drug-likeness (QED) is 0.751. The second-order valence-corrected chi connectivity index (χ2v) is 7.19. The van der Waals surface area contributed by atoms with Gasteiger partial charge in [0.15, 0.2) is 0 Å². The van der Waals surface area contributed by atoms with E-state index >= 15 is 0 Å². The van der Waals surface area contributed by atoms with Crippen LogP contribution in [0.2, 0.25) is 0 Å². The van der Waals surface area contributed by atoms with Crippen molar-refractivity contribution in [3.8, 4) is 0 Å². The van der Waals surface area contributed by atoms with Gasteiger partial charge in [0.1, 0.15) is 0 Å². The molecule has 0 saturated heterocycles. The van der Waals surface area contributed by atoms with Gasteiger partial charge in [-0.1, -0.05) is 33.6 Å². The summed E-state index contributed by atoms with van der Waals surface area (Å²) in [4.78, 5) is 0. The van der Waals surface area contributed by atoms with E-state index < -0.39 is 0 Å². The fourth-order valence-corrected chi connectivity index (χ4v) is 3.08. The van der Waals surface area contributed by atoms with E-state index in [2.05, 4.69) is 34.6 Å². The van der Waals surface area contributed by atoms with Gasteiger partial charge in [-0.05, 0) is 50.4 Å². The van der Waals surface area contributed by atoms with Crippen LogP contribution in [0.4, 0.5) is 0 Å². The van der Waals surface area contributed by atoms with Crippen molar-refractivity contribution in [2.24, 2.45) is 23.0 Å². The summed E-state index contributed by atoms with van der Waals surface area (Å²) < 4.78 is 0. The Balaban J connectivity index is 2.48. The van der Waals surface area contributed by atoms with Crippen molar-refractivity contribution < 1.29 is 0 Å². The lowest BCUT2D eigenvalue weighted by atomic mass is 9.73. The Morgan fingerprint density at radius 3 is 2.13 bits per heavy atom. The van der Waals surface area contributed by atoms with E-state index in [9.17, 15) is 0 Å². The first-order valence-electron chi connectivity index (χ1n) is 6.49. The molecule has 1 aliphatic carbocycles. The third-order valence-corrected chi connectivity index (χ3v) is 3.93. The van der Waals surface area contributed by atoms with Crippen molar-refractivity contribution in [3.63, 3.8) is 0 Å². The van der Waals surface area contributed by atoms with Crippen molar-refractivity contribution >= 4 is 0 Å². The molecular formula is C14H29N. The zero-order valence-electron chi connectivity index (χ0n) is 11.3. The van der Waals surface area contributed by atoms with E-state index in [0.717, 1.165) is 11.8 Å². The summed E-state index contributed by atoms with van der Waals surface area (Å²) >= 11 is 0. The molecule has 90 valence electrons. The molecule has 0 aromatic heterocycles. The van der Waals surface area contributed by atoms with Crippen LogP contribution in [0, 0.1) is 17.3 Å². The van der Waals surface area contributed by atoms with Crippen molar-refractivity contribution in [3.05, 3.63) is 0 Å². The third-order valence-electron chi connectivity index (χ3n) is 3.93. The first-order valence-corrected chi connectivity index (χ1v) is 6.49. The molecule has 1 saturated carbocycles. The van der Waals surface area contributed by atoms with E-state index in [4.69, 9.17) is 5.73 Å². The molecule has 1 aliphatic rings. The van der Waals surface area contributed by atoms with Crippen LogP contribution in [0.1, 0.15) is 66.7 Å². The molecule has 0 aliphatic heterocycles. The number of rotatable bonds is 3. The first kappa shape index (κ1) is 13.0. The molecule has 0 amide bonds. The molecule has 0 bridgehead atoms. The molecule has 1 rings (SSSR count). The monoisotopic (exact) mass is 211 g/mol. The van der Waals surface area contributed by atoms with Gasteiger partial charge in [-0.3, -0.25) is 0 Å². The van der Waals surface area contributed by atoms with Gasteiger partial charge in [0.2, 0.25) is 0 Å². The maximum atomic E-state index is 6.07. The molecule has 2 unspecified atom stereocenters. The Hall–Kier alpha value is -0.0400. The lowest BCUT2D eigenvalue weighted by Gasteiger charge is -2.33. The summed E-state index contributed by atoms with van der Waals surface area (Å²) in [5, 5.41) is 0. The molecule has 0 heterocycles. The van der Waals surface area contributed by atoms with Gasteiger partial charge < -0.3 is 5.73 Å². The van der Waals surface area contributed by atoms with Gasteiger partial charge in [0, 0.05) is 5.54 Å². The number of nitrogens with two attached hydrogens (primary N) is 1. The summed E-state index contributed by atoms with van der Waals surface area (Å²) in [6.07, 6.45) is 6.78. The maximum absolute atomic E-state index is 6.07. The van der Waals surface area contributed by atoms with E-state index in [1.165, 1.54) is 32.1 Å². The standard InChI is InChI=1S/C14H29N/c1-13(2,3)12-8-6-7-11(12)9-10-14(4,5)15/h11-12H,6-10,15H2,1-5H3. The zero-order valence-corrected chi connectivity index (χ0v) is 11.3. The van der Waals surface area contributed by atoms with Crippen molar-refractivity contribution in [1.29, 1.82) is 0 Å². The van der Waals surface area contributed by atoms with E-state index in [-0.39, 0.29) is 5.54 Å². The largest absolute Gasteiger partial charge is 0.326 e. The minimum atomic E-state index is 0.0189. The van der Waals surface area contributed by atoms with Crippen LogP contribution in [0.5, 0.6) is 0 Å². The number of hydrogen-bond acceptors (Lipinski definition) is 1. The van der Waals surface area contributed by atoms with Crippen LogP contribution in [-0.2, 0) is 0 Å². The highest BCUT2D eigenvalue weighted by atomic mass is 14.7. The normalized spacial score (nSPS) is 28.4. The summed E-state index contributed by atoms with van der Waals surface area (Å²) in [5.41, 5.74) is 6.57. The molecule has 0 radical (unpaired) electrons. The van der Waals surface area contributed by atoms with Gasteiger partial charge in [0.05, 0.1) is 0 Å². The Labute approximate surface area is 95.8 Å². The topological polar surface area (TPSA) is 26.0 Å². The highest BCUT2D eigenvalue weighted by molar-refractivity contribution is 4.87. The van der Waals surface area contributed by atoms with Crippen LogP contribution >= 0.6 is 0 Å². The Kier molecular flexibility index (Phi) is 3.86. The summed E-state index contributed by atoms with van der Waals surface area (Å²) in [6, 6.07) is 0. The molecule has 2 atom stereocenters. The lowest BCUT2D eigenvalue weighted by molar-refractivity contribution is 0.171. The second kappa shape index (κ2) is 4.45. The zero-order chi connectivity index (χ0) is 11.7. The molecule has 1 nitrogen and oxygen atoms in total. The molecular weight excluding hydrogens is 182 g/mol. The van der Waals surface area contributed by atoms with E-state index in [0.29, 0.717) is 5.41 Å². The van der Waals surface area contributed by atoms with Crippen molar-refractivity contribution in [2.45, 2.75) is 72.3 Å². The number of hydrogen-bond donors (Lipinski definition) is 1. The molecule has 0 aromatic rings. The average molecular weight is 211 g/mol. The Morgan fingerprint density at radius 2 is 1.67 bits per heavy atom. The Bertz CT molecular complexity index is 194. The molecule has 0 aromatic carbocycles. The van der Waals surface area contributed by atoms with Gasteiger partial charge >= 0.3 is 0 Å². The van der Waals surface area contributed by atoms with Gasteiger partial charge in [-0.2, -0.15) is 0 Å². The summed E-state index contributed by atoms with van der Waals surface area (Å²) in [7, 11) is 0. The lowest BCUT2D eigenvalue weighted by Crippen LogP contribution is -2.33. The van der Waals surface area contributed by atoms with E-state index in [1.807, 2.05) is 0 Å². The van der Waals surface area contributed by atoms with Gasteiger partial charge in [-0.25, -0.2) is 0 Å². The van der Waals surface area contributed by atoms with Crippen LogP contribution in [0.25, 0.3) is 0 Å².